The van der Waals surface area contributed by atoms with E-state index in [9.17, 15) is 18.8 Å². The maximum Gasteiger partial charge on any atom is 0.332 e. The molecule has 1 aliphatic heterocycles. The lowest BCUT2D eigenvalue weighted by Crippen LogP contribution is -2.50. The molecule has 3 rings (SSSR count). The van der Waals surface area contributed by atoms with Gasteiger partial charge in [0.1, 0.15) is 11.6 Å². The lowest BCUT2D eigenvalue weighted by molar-refractivity contribution is 0.248. The quantitative estimate of drug-likeness (QED) is 0.891. The number of carbonyl (C=O) groups excluding carboxylic acids is 1. The second-order valence-corrected chi connectivity index (χ2v) is 5.43. The van der Waals surface area contributed by atoms with Crippen LogP contribution in [0.1, 0.15) is 31.0 Å². The van der Waals surface area contributed by atoms with Gasteiger partial charge in [0.05, 0.1) is 11.6 Å². The van der Waals surface area contributed by atoms with Crippen LogP contribution in [0.2, 0.25) is 0 Å². The summed E-state index contributed by atoms with van der Waals surface area (Å²) in [6, 6.07) is 4.30. The molecular weight excluding hydrogens is 315 g/mol. The molecule has 2 aromatic rings. The number of halogens is 1. The standard InChI is InChI=1S/C16H17FN4O3/c1-3-20-13-11(14(22)21(4-2)16(20)24)12(18-15(23)19-13)9-6-5-7-10(17)8-9/h5-8,12H,3-4H2,1-2H3,(H2,18,19,23). The zero-order valence-electron chi connectivity index (χ0n) is 13.3. The summed E-state index contributed by atoms with van der Waals surface area (Å²) in [5.41, 5.74) is -0.316. The van der Waals surface area contributed by atoms with Gasteiger partial charge in [0.25, 0.3) is 5.56 Å². The predicted molar refractivity (Wildman–Crippen MR) is 86.7 cm³/mol. The number of hydrogen-bond donors (Lipinski definition) is 2. The highest BCUT2D eigenvalue weighted by atomic mass is 19.1. The number of nitrogens with zero attached hydrogens (tertiary/aromatic N) is 2. The third kappa shape index (κ3) is 2.40. The number of anilines is 1. The van der Waals surface area contributed by atoms with E-state index in [1.165, 1.54) is 22.8 Å². The Morgan fingerprint density at radius 3 is 2.46 bits per heavy atom. The molecule has 0 saturated carbocycles. The van der Waals surface area contributed by atoms with Gasteiger partial charge in [0.2, 0.25) is 0 Å². The van der Waals surface area contributed by atoms with E-state index < -0.39 is 29.1 Å². The Hall–Kier alpha value is -2.90. The summed E-state index contributed by atoms with van der Waals surface area (Å²) >= 11 is 0. The molecule has 126 valence electrons. The minimum Gasteiger partial charge on any atom is -0.327 e. The fourth-order valence-corrected chi connectivity index (χ4v) is 2.97. The van der Waals surface area contributed by atoms with Crippen LogP contribution in [0.15, 0.2) is 33.9 Å². The third-order valence-corrected chi connectivity index (χ3v) is 4.07. The fraction of sp³-hybridized carbons (Fsp3) is 0.312. The number of amides is 2. The van der Waals surface area contributed by atoms with Crippen molar-refractivity contribution >= 4 is 11.8 Å². The van der Waals surface area contributed by atoms with Gasteiger partial charge < -0.3 is 5.32 Å². The summed E-state index contributed by atoms with van der Waals surface area (Å²) in [4.78, 5) is 37.2. The molecule has 0 aliphatic carbocycles. The zero-order chi connectivity index (χ0) is 17.4. The minimum atomic E-state index is -0.826. The van der Waals surface area contributed by atoms with Crippen LogP contribution in [0.3, 0.4) is 0 Å². The molecule has 2 N–H and O–H groups in total. The summed E-state index contributed by atoms with van der Waals surface area (Å²) in [6.07, 6.45) is 0. The smallest absolute Gasteiger partial charge is 0.327 e. The molecule has 0 radical (unpaired) electrons. The largest absolute Gasteiger partial charge is 0.332 e. The van der Waals surface area contributed by atoms with Crippen molar-refractivity contribution in [1.82, 2.24) is 14.5 Å². The van der Waals surface area contributed by atoms with E-state index in [1.54, 1.807) is 19.9 Å². The van der Waals surface area contributed by atoms with E-state index in [-0.39, 0.29) is 24.5 Å². The molecule has 1 aliphatic rings. The van der Waals surface area contributed by atoms with Crippen LogP contribution in [0.5, 0.6) is 0 Å². The molecule has 24 heavy (non-hydrogen) atoms. The summed E-state index contributed by atoms with van der Waals surface area (Å²) in [5.74, 6) is -0.309. The van der Waals surface area contributed by atoms with Crippen LogP contribution in [-0.4, -0.2) is 15.2 Å². The SMILES string of the molecule is CCn1c2c(c(=O)n(CC)c1=O)C(c1cccc(F)c1)NC(=O)N2. The summed E-state index contributed by atoms with van der Waals surface area (Å²) < 4.78 is 16.0. The van der Waals surface area contributed by atoms with E-state index in [0.717, 1.165) is 4.57 Å². The van der Waals surface area contributed by atoms with Crippen LogP contribution in [0.25, 0.3) is 0 Å². The van der Waals surface area contributed by atoms with Crippen molar-refractivity contribution in [3.8, 4) is 0 Å². The van der Waals surface area contributed by atoms with Crippen molar-refractivity contribution in [2.45, 2.75) is 33.0 Å². The first-order valence-corrected chi connectivity index (χ1v) is 7.68. The van der Waals surface area contributed by atoms with E-state index in [1.807, 2.05) is 0 Å². The number of hydrogen-bond acceptors (Lipinski definition) is 3. The molecule has 0 saturated heterocycles. The monoisotopic (exact) mass is 332 g/mol. The Kier molecular flexibility index (Phi) is 3.96. The lowest BCUT2D eigenvalue weighted by Gasteiger charge is -2.29. The van der Waals surface area contributed by atoms with Crippen LogP contribution < -0.4 is 21.9 Å². The van der Waals surface area contributed by atoms with Crippen LogP contribution >= 0.6 is 0 Å². The third-order valence-electron chi connectivity index (χ3n) is 4.07. The topological polar surface area (TPSA) is 85.1 Å². The van der Waals surface area contributed by atoms with Gasteiger partial charge in [-0.05, 0) is 31.5 Å². The molecule has 1 unspecified atom stereocenters. The van der Waals surface area contributed by atoms with Gasteiger partial charge in [-0.25, -0.2) is 14.0 Å². The Balaban J connectivity index is 2.35. The molecule has 0 spiro atoms. The lowest BCUT2D eigenvalue weighted by atomic mass is 9.98. The molecule has 8 heteroatoms. The molecular formula is C16H17FN4O3. The number of urea groups is 1. The van der Waals surface area contributed by atoms with Crippen LogP contribution in [-0.2, 0) is 13.1 Å². The number of fused-ring (bicyclic) bond motifs is 1. The highest BCUT2D eigenvalue weighted by molar-refractivity contribution is 5.92. The molecule has 1 atom stereocenters. The first-order chi connectivity index (χ1) is 11.5. The highest BCUT2D eigenvalue weighted by Crippen LogP contribution is 2.28. The number of benzene rings is 1. The maximum atomic E-state index is 13.6. The first kappa shape index (κ1) is 16.0. The van der Waals surface area contributed by atoms with Gasteiger partial charge >= 0.3 is 11.7 Å². The Morgan fingerprint density at radius 1 is 1.12 bits per heavy atom. The first-order valence-electron chi connectivity index (χ1n) is 7.68. The number of aromatic nitrogens is 2. The molecule has 2 heterocycles. The molecule has 1 aromatic carbocycles. The fourth-order valence-electron chi connectivity index (χ4n) is 2.97. The minimum absolute atomic E-state index is 0.162. The molecule has 7 nitrogen and oxygen atoms in total. The van der Waals surface area contributed by atoms with Crippen LogP contribution in [0.4, 0.5) is 15.0 Å². The average Bonchev–Trinajstić information content (AvgIpc) is 2.55. The Labute approximate surface area is 136 Å². The van der Waals surface area contributed by atoms with E-state index >= 15 is 0 Å². The van der Waals surface area contributed by atoms with Gasteiger partial charge in [0.15, 0.2) is 0 Å². The van der Waals surface area contributed by atoms with E-state index in [0.29, 0.717) is 5.56 Å². The Morgan fingerprint density at radius 2 is 1.83 bits per heavy atom. The van der Waals surface area contributed by atoms with Crippen molar-refractivity contribution in [3.05, 3.63) is 62.0 Å². The summed E-state index contributed by atoms with van der Waals surface area (Å²) in [5, 5.41) is 5.17. The zero-order valence-corrected chi connectivity index (χ0v) is 13.3. The van der Waals surface area contributed by atoms with Gasteiger partial charge in [-0.1, -0.05) is 12.1 Å². The molecule has 0 bridgehead atoms. The average molecular weight is 332 g/mol. The molecule has 1 aromatic heterocycles. The van der Waals surface area contributed by atoms with Crippen molar-refractivity contribution in [3.63, 3.8) is 0 Å². The number of carbonyl (C=O) groups is 1. The van der Waals surface area contributed by atoms with Crippen LogP contribution in [0, 0.1) is 5.82 Å². The van der Waals surface area contributed by atoms with Gasteiger partial charge in [0, 0.05) is 13.1 Å². The van der Waals surface area contributed by atoms with Crippen molar-refractivity contribution in [2.24, 2.45) is 0 Å². The number of nitrogens with one attached hydrogen (secondary N) is 2. The van der Waals surface area contributed by atoms with Gasteiger partial charge in [-0.2, -0.15) is 0 Å². The highest BCUT2D eigenvalue weighted by Gasteiger charge is 2.32. The van der Waals surface area contributed by atoms with E-state index in [4.69, 9.17) is 0 Å². The van der Waals surface area contributed by atoms with Gasteiger partial charge in [-0.3, -0.25) is 19.2 Å². The second kappa shape index (κ2) is 5.95. The second-order valence-electron chi connectivity index (χ2n) is 5.43. The summed E-state index contributed by atoms with van der Waals surface area (Å²) in [7, 11) is 0. The predicted octanol–water partition coefficient (Wildman–Crippen LogP) is 1.41. The van der Waals surface area contributed by atoms with Crippen molar-refractivity contribution in [2.75, 3.05) is 5.32 Å². The Bertz CT molecular complexity index is 932. The molecule has 2 amide bonds. The van der Waals surface area contributed by atoms with E-state index in [2.05, 4.69) is 10.6 Å². The molecule has 0 fully saturated rings. The van der Waals surface area contributed by atoms with Crippen molar-refractivity contribution in [1.29, 1.82) is 0 Å². The summed E-state index contributed by atoms with van der Waals surface area (Å²) in [6.45, 7) is 3.94. The van der Waals surface area contributed by atoms with Gasteiger partial charge in [-0.15, -0.1) is 0 Å². The normalized spacial score (nSPS) is 16.3. The maximum absolute atomic E-state index is 13.6. The van der Waals surface area contributed by atoms with Crippen molar-refractivity contribution < 1.29 is 9.18 Å². The number of rotatable bonds is 3.